The van der Waals surface area contributed by atoms with Gasteiger partial charge in [-0.25, -0.2) is 0 Å². The van der Waals surface area contributed by atoms with Crippen LogP contribution in [0, 0.1) is 5.92 Å². The Kier molecular flexibility index (Phi) is 5.12. The maximum Gasteiger partial charge on any atom is 0.133 e. The Labute approximate surface area is 99.4 Å². The largest absolute Gasteiger partial charge is 0.496 e. The molecule has 1 unspecified atom stereocenters. The molecule has 1 rings (SSSR count). The van der Waals surface area contributed by atoms with Gasteiger partial charge in [-0.1, -0.05) is 19.4 Å². The van der Waals surface area contributed by atoms with Gasteiger partial charge in [-0.05, 0) is 46.0 Å². The predicted molar refractivity (Wildman–Crippen MR) is 65.3 cm³/mol. The fraction of sp³-hybridized carbons (Fsp3) is 0.500. The SMILES string of the molecule is CCC(CO)Cc1ccc(OC)c(Br)c1. The van der Waals surface area contributed by atoms with Crippen LogP contribution in [-0.2, 0) is 6.42 Å². The van der Waals surface area contributed by atoms with Gasteiger partial charge in [-0.2, -0.15) is 0 Å². The summed E-state index contributed by atoms with van der Waals surface area (Å²) < 4.78 is 6.13. The Morgan fingerprint density at radius 1 is 1.47 bits per heavy atom. The van der Waals surface area contributed by atoms with Gasteiger partial charge in [0.25, 0.3) is 0 Å². The summed E-state index contributed by atoms with van der Waals surface area (Å²) in [6.07, 6.45) is 1.91. The molecule has 0 amide bonds. The molecule has 3 heteroatoms. The highest BCUT2D eigenvalue weighted by Gasteiger charge is 2.07. The first-order chi connectivity index (χ1) is 7.21. The molecule has 0 aliphatic rings. The Morgan fingerprint density at radius 2 is 2.20 bits per heavy atom. The highest BCUT2D eigenvalue weighted by atomic mass is 79.9. The highest BCUT2D eigenvalue weighted by Crippen LogP contribution is 2.26. The molecule has 2 nitrogen and oxygen atoms in total. The van der Waals surface area contributed by atoms with E-state index in [0.29, 0.717) is 5.92 Å². The van der Waals surface area contributed by atoms with Crippen LogP contribution in [0.5, 0.6) is 5.75 Å². The van der Waals surface area contributed by atoms with E-state index < -0.39 is 0 Å². The summed E-state index contributed by atoms with van der Waals surface area (Å²) in [6, 6.07) is 6.04. The number of rotatable bonds is 5. The van der Waals surface area contributed by atoms with Crippen LogP contribution in [0.15, 0.2) is 22.7 Å². The molecule has 0 spiro atoms. The fourth-order valence-corrected chi connectivity index (χ4v) is 2.10. The van der Waals surface area contributed by atoms with Crippen molar-refractivity contribution in [2.45, 2.75) is 19.8 Å². The number of methoxy groups -OCH3 is 1. The fourth-order valence-electron chi connectivity index (χ4n) is 1.51. The Bertz CT molecular complexity index is 308. The number of aliphatic hydroxyl groups is 1. The summed E-state index contributed by atoms with van der Waals surface area (Å²) in [7, 11) is 1.66. The van der Waals surface area contributed by atoms with E-state index in [0.717, 1.165) is 23.1 Å². The van der Waals surface area contributed by atoms with E-state index in [1.165, 1.54) is 5.56 Å². The third-order valence-corrected chi connectivity index (χ3v) is 3.20. The molecule has 15 heavy (non-hydrogen) atoms. The standard InChI is InChI=1S/C12H17BrO2/c1-3-9(8-14)6-10-4-5-12(15-2)11(13)7-10/h4-5,7,9,14H,3,6,8H2,1-2H3. The lowest BCUT2D eigenvalue weighted by atomic mass is 9.98. The van der Waals surface area contributed by atoms with E-state index in [-0.39, 0.29) is 6.61 Å². The summed E-state index contributed by atoms with van der Waals surface area (Å²) in [4.78, 5) is 0. The Morgan fingerprint density at radius 3 is 2.67 bits per heavy atom. The predicted octanol–water partition coefficient (Wildman–Crippen LogP) is 3.02. The molecule has 0 radical (unpaired) electrons. The lowest BCUT2D eigenvalue weighted by Crippen LogP contribution is -2.08. The zero-order valence-corrected chi connectivity index (χ0v) is 10.8. The maximum atomic E-state index is 9.12. The van der Waals surface area contributed by atoms with Gasteiger partial charge >= 0.3 is 0 Å². The second-order valence-electron chi connectivity index (χ2n) is 3.63. The monoisotopic (exact) mass is 272 g/mol. The minimum absolute atomic E-state index is 0.250. The van der Waals surface area contributed by atoms with Crippen molar-refractivity contribution in [3.05, 3.63) is 28.2 Å². The minimum Gasteiger partial charge on any atom is -0.496 e. The molecule has 1 aromatic rings. The zero-order chi connectivity index (χ0) is 11.3. The van der Waals surface area contributed by atoms with Crippen molar-refractivity contribution in [2.24, 2.45) is 5.92 Å². The second-order valence-corrected chi connectivity index (χ2v) is 4.48. The van der Waals surface area contributed by atoms with Crippen LogP contribution in [0.4, 0.5) is 0 Å². The van der Waals surface area contributed by atoms with Crippen LogP contribution in [0.2, 0.25) is 0 Å². The van der Waals surface area contributed by atoms with Crippen LogP contribution < -0.4 is 4.74 Å². The number of aliphatic hydroxyl groups excluding tert-OH is 1. The first-order valence-electron chi connectivity index (χ1n) is 5.14. The lowest BCUT2D eigenvalue weighted by Gasteiger charge is -2.12. The van der Waals surface area contributed by atoms with Crippen molar-refractivity contribution in [3.63, 3.8) is 0 Å². The lowest BCUT2D eigenvalue weighted by molar-refractivity contribution is 0.222. The van der Waals surface area contributed by atoms with Gasteiger partial charge in [-0.15, -0.1) is 0 Å². The van der Waals surface area contributed by atoms with Crippen molar-refractivity contribution >= 4 is 15.9 Å². The molecule has 0 fully saturated rings. The molecule has 0 aliphatic carbocycles. The van der Waals surface area contributed by atoms with E-state index >= 15 is 0 Å². The molecule has 1 N–H and O–H groups in total. The molecule has 0 aliphatic heterocycles. The summed E-state index contributed by atoms with van der Waals surface area (Å²) in [5, 5.41) is 9.12. The maximum absolute atomic E-state index is 9.12. The molecule has 0 saturated carbocycles. The zero-order valence-electron chi connectivity index (χ0n) is 9.16. The molecule has 84 valence electrons. The van der Waals surface area contributed by atoms with Crippen LogP contribution in [0.25, 0.3) is 0 Å². The van der Waals surface area contributed by atoms with Gasteiger partial charge in [0.15, 0.2) is 0 Å². The number of benzene rings is 1. The van der Waals surface area contributed by atoms with E-state index in [9.17, 15) is 0 Å². The van der Waals surface area contributed by atoms with Gasteiger partial charge in [0, 0.05) is 6.61 Å². The van der Waals surface area contributed by atoms with Crippen molar-refractivity contribution in [2.75, 3.05) is 13.7 Å². The van der Waals surface area contributed by atoms with E-state index in [1.807, 2.05) is 12.1 Å². The number of hydrogen-bond donors (Lipinski definition) is 1. The average molecular weight is 273 g/mol. The molecule has 0 bridgehead atoms. The number of ether oxygens (including phenoxy) is 1. The van der Waals surface area contributed by atoms with Crippen molar-refractivity contribution in [1.82, 2.24) is 0 Å². The van der Waals surface area contributed by atoms with Gasteiger partial charge in [0.1, 0.15) is 5.75 Å². The molecular weight excluding hydrogens is 256 g/mol. The van der Waals surface area contributed by atoms with Crippen LogP contribution in [-0.4, -0.2) is 18.8 Å². The summed E-state index contributed by atoms with van der Waals surface area (Å²) in [5.74, 6) is 1.20. The van der Waals surface area contributed by atoms with Crippen molar-refractivity contribution in [1.29, 1.82) is 0 Å². The summed E-state index contributed by atoms with van der Waals surface area (Å²) in [6.45, 7) is 2.35. The topological polar surface area (TPSA) is 29.5 Å². The van der Waals surface area contributed by atoms with Crippen LogP contribution in [0.3, 0.4) is 0 Å². The highest BCUT2D eigenvalue weighted by molar-refractivity contribution is 9.10. The van der Waals surface area contributed by atoms with Gasteiger partial charge in [0.2, 0.25) is 0 Å². The molecule has 1 atom stereocenters. The van der Waals surface area contributed by atoms with Crippen molar-refractivity contribution < 1.29 is 9.84 Å². The van der Waals surface area contributed by atoms with Crippen LogP contribution >= 0.6 is 15.9 Å². The smallest absolute Gasteiger partial charge is 0.133 e. The number of hydrogen-bond acceptors (Lipinski definition) is 2. The van der Waals surface area contributed by atoms with E-state index in [1.54, 1.807) is 7.11 Å². The molecule has 1 aromatic carbocycles. The molecule has 0 aromatic heterocycles. The number of halogens is 1. The third-order valence-electron chi connectivity index (χ3n) is 2.58. The van der Waals surface area contributed by atoms with Crippen LogP contribution in [0.1, 0.15) is 18.9 Å². The van der Waals surface area contributed by atoms with Gasteiger partial charge in [-0.3, -0.25) is 0 Å². The van der Waals surface area contributed by atoms with Gasteiger partial charge < -0.3 is 9.84 Å². The van der Waals surface area contributed by atoms with E-state index in [2.05, 4.69) is 28.9 Å². The Balaban J connectivity index is 2.74. The first-order valence-corrected chi connectivity index (χ1v) is 5.93. The second kappa shape index (κ2) is 6.13. The Hall–Kier alpha value is -0.540. The van der Waals surface area contributed by atoms with Gasteiger partial charge in [0.05, 0.1) is 11.6 Å². The minimum atomic E-state index is 0.250. The first kappa shape index (κ1) is 12.5. The van der Waals surface area contributed by atoms with E-state index in [4.69, 9.17) is 9.84 Å². The summed E-state index contributed by atoms with van der Waals surface area (Å²) in [5.41, 5.74) is 1.23. The average Bonchev–Trinajstić information content (AvgIpc) is 2.26. The molecular formula is C12H17BrO2. The molecule has 0 saturated heterocycles. The van der Waals surface area contributed by atoms with Crippen molar-refractivity contribution in [3.8, 4) is 5.75 Å². The normalized spacial score (nSPS) is 12.5. The summed E-state index contributed by atoms with van der Waals surface area (Å²) >= 11 is 3.45. The quantitative estimate of drug-likeness (QED) is 0.893. The molecule has 0 heterocycles. The third kappa shape index (κ3) is 3.50.